The second kappa shape index (κ2) is 7.93. The number of carbonyl (C=O) groups is 2. The second-order valence-electron chi connectivity index (χ2n) is 4.56. The van der Waals surface area contributed by atoms with Crippen LogP contribution in [0.2, 0.25) is 5.02 Å². The third kappa shape index (κ3) is 4.56. The van der Waals surface area contributed by atoms with Gasteiger partial charge >= 0.3 is 0 Å². The zero-order valence-electron chi connectivity index (χ0n) is 11.8. The van der Waals surface area contributed by atoms with Crippen LogP contribution in [0, 0.1) is 0 Å². The van der Waals surface area contributed by atoms with Crippen LogP contribution in [0.4, 0.5) is 11.4 Å². The molecule has 0 atom stereocenters. The molecule has 0 aliphatic carbocycles. The van der Waals surface area contributed by atoms with Crippen LogP contribution >= 0.6 is 22.9 Å². The highest BCUT2D eigenvalue weighted by molar-refractivity contribution is 7.12. The first kappa shape index (κ1) is 16.5. The number of hydrogen-bond acceptors (Lipinski definition) is 4. The minimum absolute atomic E-state index is 0.167. The summed E-state index contributed by atoms with van der Waals surface area (Å²) in [5.74, 6) is -0.394. The SMILES string of the molecule is NCCCC(=O)Nc1cc(Cl)ccc1NC(=O)c1cccs1. The molecule has 116 valence electrons. The molecule has 0 aliphatic heterocycles. The Hall–Kier alpha value is -1.89. The van der Waals surface area contributed by atoms with E-state index in [1.54, 1.807) is 30.3 Å². The average Bonchev–Trinajstić information content (AvgIpc) is 3.02. The summed E-state index contributed by atoms with van der Waals surface area (Å²) in [4.78, 5) is 24.5. The van der Waals surface area contributed by atoms with E-state index in [4.69, 9.17) is 17.3 Å². The Labute approximate surface area is 137 Å². The number of rotatable bonds is 6. The predicted octanol–water partition coefficient (Wildman–Crippen LogP) is 3.33. The highest BCUT2D eigenvalue weighted by Crippen LogP contribution is 2.27. The van der Waals surface area contributed by atoms with E-state index in [1.165, 1.54) is 11.3 Å². The Morgan fingerprint density at radius 2 is 2.00 bits per heavy atom. The first-order chi connectivity index (χ1) is 10.6. The third-order valence-corrected chi connectivity index (χ3v) is 3.96. The molecule has 2 aromatic rings. The second-order valence-corrected chi connectivity index (χ2v) is 5.95. The molecular formula is C15H16ClN3O2S. The van der Waals surface area contributed by atoms with E-state index in [2.05, 4.69) is 10.6 Å². The van der Waals surface area contributed by atoms with Gasteiger partial charge in [0.2, 0.25) is 5.91 Å². The molecule has 1 aromatic carbocycles. The van der Waals surface area contributed by atoms with Crippen LogP contribution in [0.15, 0.2) is 35.7 Å². The van der Waals surface area contributed by atoms with Crippen LogP contribution in [-0.2, 0) is 4.79 Å². The third-order valence-electron chi connectivity index (χ3n) is 2.86. The van der Waals surface area contributed by atoms with E-state index >= 15 is 0 Å². The lowest BCUT2D eigenvalue weighted by Gasteiger charge is -2.12. The highest BCUT2D eigenvalue weighted by atomic mass is 35.5. The average molecular weight is 338 g/mol. The molecule has 0 aliphatic rings. The van der Waals surface area contributed by atoms with Crippen LogP contribution in [-0.4, -0.2) is 18.4 Å². The van der Waals surface area contributed by atoms with Gasteiger partial charge in [0.1, 0.15) is 0 Å². The first-order valence-electron chi connectivity index (χ1n) is 6.74. The van der Waals surface area contributed by atoms with Gasteiger partial charge in [-0.25, -0.2) is 0 Å². The van der Waals surface area contributed by atoms with Gasteiger partial charge in [-0.2, -0.15) is 0 Å². The van der Waals surface area contributed by atoms with Crippen molar-refractivity contribution in [3.8, 4) is 0 Å². The van der Waals surface area contributed by atoms with Gasteiger partial charge in [-0.3, -0.25) is 9.59 Å². The summed E-state index contributed by atoms with van der Waals surface area (Å²) in [7, 11) is 0. The van der Waals surface area contributed by atoms with Crippen LogP contribution < -0.4 is 16.4 Å². The van der Waals surface area contributed by atoms with Crippen molar-refractivity contribution in [3.63, 3.8) is 0 Å². The van der Waals surface area contributed by atoms with E-state index in [9.17, 15) is 9.59 Å². The summed E-state index contributed by atoms with van der Waals surface area (Å²) in [5.41, 5.74) is 6.36. The summed E-state index contributed by atoms with van der Waals surface area (Å²) in [6.07, 6.45) is 0.921. The van der Waals surface area contributed by atoms with E-state index in [1.807, 2.05) is 5.38 Å². The van der Waals surface area contributed by atoms with Crippen molar-refractivity contribution in [1.29, 1.82) is 0 Å². The molecule has 0 saturated carbocycles. The van der Waals surface area contributed by atoms with E-state index in [0.717, 1.165) is 0 Å². The molecule has 1 aromatic heterocycles. The lowest BCUT2D eigenvalue weighted by atomic mass is 10.2. The Morgan fingerprint density at radius 3 is 2.68 bits per heavy atom. The molecule has 0 spiro atoms. The largest absolute Gasteiger partial charge is 0.330 e. The molecule has 2 rings (SSSR count). The zero-order chi connectivity index (χ0) is 15.9. The van der Waals surface area contributed by atoms with Gasteiger partial charge in [0, 0.05) is 11.4 Å². The topological polar surface area (TPSA) is 84.2 Å². The van der Waals surface area contributed by atoms with E-state index < -0.39 is 0 Å². The Kier molecular flexibility index (Phi) is 5.94. The standard InChI is InChI=1S/C15H16ClN3O2S/c16-10-5-6-11(19-15(21)13-3-2-8-22-13)12(9-10)18-14(20)4-1-7-17/h2-3,5-6,8-9H,1,4,7,17H2,(H,18,20)(H,19,21). The first-order valence-corrected chi connectivity index (χ1v) is 8.00. The molecule has 0 radical (unpaired) electrons. The zero-order valence-corrected chi connectivity index (χ0v) is 13.3. The van der Waals surface area contributed by atoms with Crippen molar-refractivity contribution < 1.29 is 9.59 Å². The van der Waals surface area contributed by atoms with Crippen molar-refractivity contribution in [2.75, 3.05) is 17.2 Å². The fourth-order valence-corrected chi connectivity index (χ4v) is 2.59. The number of nitrogens with one attached hydrogen (secondary N) is 2. The molecule has 5 nitrogen and oxygen atoms in total. The lowest BCUT2D eigenvalue weighted by molar-refractivity contribution is -0.116. The normalized spacial score (nSPS) is 10.3. The molecular weight excluding hydrogens is 322 g/mol. The number of carbonyl (C=O) groups excluding carboxylic acids is 2. The summed E-state index contributed by atoms with van der Waals surface area (Å²) in [6, 6.07) is 8.45. The fourth-order valence-electron chi connectivity index (χ4n) is 1.80. The number of halogens is 1. The summed E-state index contributed by atoms with van der Waals surface area (Å²) in [5, 5.41) is 7.82. The van der Waals surface area contributed by atoms with Crippen molar-refractivity contribution in [3.05, 3.63) is 45.6 Å². The van der Waals surface area contributed by atoms with Gasteiger partial charge in [0.25, 0.3) is 5.91 Å². The molecule has 0 saturated heterocycles. The van der Waals surface area contributed by atoms with Crippen LogP contribution in [0.25, 0.3) is 0 Å². The number of anilines is 2. The van der Waals surface area contributed by atoms with Gasteiger partial charge in [-0.05, 0) is 42.6 Å². The van der Waals surface area contributed by atoms with Crippen LogP contribution in [0.3, 0.4) is 0 Å². The Bertz CT molecular complexity index is 659. The molecule has 7 heteroatoms. The highest BCUT2D eigenvalue weighted by Gasteiger charge is 2.12. The monoisotopic (exact) mass is 337 g/mol. The summed E-state index contributed by atoms with van der Waals surface area (Å²) >= 11 is 7.30. The van der Waals surface area contributed by atoms with Gasteiger partial charge in [-0.15, -0.1) is 11.3 Å². The van der Waals surface area contributed by atoms with Crippen molar-refractivity contribution in [1.82, 2.24) is 0 Å². The maximum atomic E-state index is 12.1. The molecule has 0 unspecified atom stereocenters. The molecule has 4 N–H and O–H groups in total. The Morgan fingerprint density at radius 1 is 1.18 bits per heavy atom. The molecule has 0 bridgehead atoms. The van der Waals surface area contributed by atoms with Gasteiger partial charge < -0.3 is 16.4 Å². The quantitative estimate of drug-likeness (QED) is 0.755. The van der Waals surface area contributed by atoms with Gasteiger partial charge in [0.05, 0.1) is 16.3 Å². The Balaban J connectivity index is 2.13. The smallest absolute Gasteiger partial charge is 0.265 e. The van der Waals surface area contributed by atoms with Crippen LogP contribution in [0.5, 0.6) is 0 Å². The lowest BCUT2D eigenvalue weighted by Crippen LogP contribution is -2.16. The van der Waals surface area contributed by atoms with Crippen molar-refractivity contribution in [2.45, 2.75) is 12.8 Å². The number of hydrogen-bond donors (Lipinski definition) is 3. The minimum Gasteiger partial charge on any atom is -0.330 e. The van der Waals surface area contributed by atoms with Crippen molar-refractivity contribution in [2.24, 2.45) is 5.73 Å². The van der Waals surface area contributed by atoms with Gasteiger partial charge in [-0.1, -0.05) is 17.7 Å². The van der Waals surface area contributed by atoms with E-state index in [0.29, 0.717) is 40.7 Å². The number of thiophene rings is 1. The maximum Gasteiger partial charge on any atom is 0.265 e. The molecule has 2 amide bonds. The number of amides is 2. The maximum absolute atomic E-state index is 12.1. The number of benzene rings is 1. The molecule has 0 fully saturated rings. The summed E-state index contributed by atoms with van der Waals surface area (Å²) in [6.45, 7) is 0.449. The van der Waals surface area contributed by atoms with Crippen molar-refractivity contribution >= 4 is 46.1 Å². The predicted molar refractivity (Wildman–Crippen MR) is 90.6 cm³/mol. The molecule has 1 heterocycles. The van der Waals surface area contributed by atoms with E-state index in [-0.39, 0.29) is 11.8 Å². The number of nitrogens with two attached hydrogens (primary N) is 1. The van der Waals surface area contributed by atoms with Crippen LogP contribution in [0.1, 0.15) is 22.5 Å². The summed E-state index contributed by atoms with van der Waals surface area (Å²) < 4.78 is 0. The fraction of sp³-hybridized carbons (Fsp3) is 0.200. The molecule has 22 heavy (non-hydrogen) atoms. The van der Waals surface area contributed by atoms with Gasteiger partial charge in [0.15, 0.2) is 0 Å². The minimum atomic E-state index is -0.227.